The lowest BCUT2D eigenvalue weighted by Gasteiger charge is -2.10. The lowest BCUT2D eigenvalue weighted by atomic mass is 10.1. The molecule has 0 saturated heterocycles. The Labute approximate surface area is 137 Å². The number of aromatic nitrogens is 1. The van der Waals surface area contributed by atoms with Crippen molar-refractivity contribution in [1.29, 1.82) is 0 Å². The number of halogens is 1. The summed E-state index contributed by atoms with van der Waals surface area (Å²) < 4.78 is 20.2. The molecule has 0 saturated carbocycles. The van der Waals surface area contributed by atoms with Gasteiger partial charge in [-0.15, -0.1) is 0 Å². The summed E-state index contributed by atoms with van der Waals surface area (Å²) in [5, 5.41) is 3.05. The van der Waals surface area contributed by atoms with E-state index in [-0.39, 0.29) is 11.3 Å². The fourth-order valence-corrected chi connectivity index (χ4v) is 2.61. The van der Waals surface area contributed by atoms with Crippen LogP contribution >= 0.6 is 0 Å². The Hall–Kier alpha value is -3.15. The van der Waals surface area contributed by atoms with Crippen LogP contribution in [0.15, 0.2) is 48.5 Å². The highest BCUT2D eigenvalue weighted by atomic mass is 19.1. The van der Waals surface area contributed by atoms with Gasteiger partial charge in [-0.25, -0.2) is 9.18 Å². The molecule has 24 heavy (non-hydrogen) atoms. The zero-order chi connectivity index (χ0) is 17.3. The average Bonchev–Trinajstić information content (AvgIpc) is 2.93. The van der Waals surface area contributed by atoms with E-state index in [1.54, 1.807) is 48.0 Å². The van der Waals surface area contributed by atoms with Crippen LogP contribution in [0.4, 0.5) is 10.1 Å². The minimum atomic E-state index is -0.547. The second kappa shape index (κ2) is 6.16. The molecule has 2 aromatic carbocycles. The number of hydrogen-bond acceptors (Lipinski definition) is 3. The van der Waals surface area contributed by atoms with E-state index in [4.69, 9.17) is 4.74 Å². The van der Waals surface area contributed by atoms with Crippen LogP contribution in [0.25, 0.3) is 10.9 Å². The predicted octanol–water partition coefficient (Wildman–Crippen LogP) is 3.36. The number of amides is 1. The summed E-state index contributed by atoms with van der Waals surface area (Å²) in [5.41, 5.74) is 1.48. The fraction of sp³-hybridized carbons (Fsp3) is 0.111. The number of anilines is 1. The van der Waals surface area contributed by atoms with E-state index in [2.05, 4.69) is 5.32 Å². The Kier molecular flexibility index (Phi) is 4.04. The fourth-order valence-electron chi connectivity index (χ4n) is 2.61. The number of carbonyl (C=O) groups excluding carboxylic acids is 2. The predicted molar refractivity (Wildman–Crippen MR) is 88.6 cm³/mol. The number of nitrogens with one attached hydrogen (secondary N) is 1. The van der Waals surface area contributed by atoms with E-state index in [1.165, 1.54) is 19.2 Å². The maximum absolute atomic E-state index is 13.9. The summed E-state index contributed by atoms with van der Waals surface area (Å²) in [6.07, 6.45) is 0. The molecule has 0 aliphatic heterocycles. The highest BCUT2D eigenvalue weighted by Crippen LogP contribution is 2.23. The number of rotatable bonds is 3. The van der Waals surface area contributed by atoms with Gasteiger partial charge in [0.2, 0.25) is 0 Å². The molecule has 0 fully saturated rings. The number of methoxy groups -OCH3 is 1. The lowest BCUT2D eigenvalue weighted by molar-refractivity contribution is 0.0602. The van der Waals surface area contributed by atoms with Crippen molar-refractivity contribution < 1.29 is 18.7 Å². The molecule has 0 atom stereocenters. The normalized spacial score (nSPS) is 10.6. The monoisotopic (exact) mass is 326 g/mol. The summed E-state index contributed by atoms with van der Waals surface area (Å²) in [7, 11) is 2.95. The zero-order valence-corrected chi connectivity index (χ0v) is 13.2. The van der Waals surface area contributed by atoms with Gasteiger partial charge in [0.15, 0.2) is 0 Å². The third-order valence-corrected chi connectivity index (χ3v) is 3.85. The van der Waals surface area contributed by atoms with E-state index in [1.807, 2.05) is 0 Å². The average molecular weight is 326 g/mol. The molecule has 1 heterocycles. The van der Waals surface area contributed by atoms with Gasteiger partial charge in [0.1, 0.15) is 11.5 Å². The number of carbonyl (C=O) groups is 2. The Morgan fingerprint density at radius 3 is 2.58 bits per heavy atom. The second-order valence-corrected chi connectivity index (χ2v) is 5.25. The molecular weight excluding hydrogens is 311 g/mol. The maximum atomic E-state index is 13.9. The Morgan fingerprint density at radius 2 is 1.88 bits per heavy atom. The van der Waals surface area contributed by atoms with E-state index >= 15 is 0 Å². The van der Waals surface area contributed by atoms with Crippen LogP contribution < -0.4 is 5.32 Å². The third kappa shape index (κ3) is 2.62. The van der Waals surface area contributed by atoms with Crippen molar-refractivity contribution in [2.45, 2.75) is 0 Å². The molecule has 0 aliphatic rings. The van der Waals surface area contributed by atoms with Gasteiger partial charge in [0.05, 0.1) is 23.9 Å². The summed E-state index contributed by atoms with van der Waals surface area (Å²) in [6.45, 7) is 0. The first-order valence-electron chi connectivity index (χ1n) is 7.25. The van der Waals surface area contributed by atoms with Crippen LogP contribution in [0.3, 0.4) is 0 Å². The smallest absolute Gasteiger partial charge is 0.339 e. The van der Waals surface area contributed by atoms with Crippen molar-refractivity contribution >= 4 is 28.5 Å². The second-order valence-electron chi connectivity index (χ2n) is 5.25. The molecule has 0 aliphatic carbocycles. The maximum Gasteiger partial charge on any atom is 0.339 e. The van der Waals surface area contributed by atoms with E-state index in [0.717, 1.165) is 0 Å². The summed E-state index contributed by atoms with van der Waals surface area (Å²) in [5.74, 6) is -1.38. The number of para-hydroxylation sites is 1. The van der Waals surface area contributed by atoms with Crippen LogP contribution in [0.5, 0.6) is 0 Å². The largest absolute Gasteiger partial charge is 0.465 e. The Bertz CT molecular complexity index is 947. The minimum Gasteiger partial charge on any atom is -0.465 e. The van der Waals surface area contributed by atoms with Crippen molar-refractivity contribution in [3.05, 3.63) is 65.6 Å². The molecule has 3 aromatic rings. The first kappa shape index (κ1) is 15.7. The molecule has 122 valence electrons. The highest BCUT2D eigenvalue weighted by Gasteiger charge is 2.18. The van der Waals surface area contributed by atoms with Gasteiger partial charge >= 0.3 is 5.97 Å². The summed E-state index contributed by atoms with van der Waals surface area (Å²) in [4.78, 5) is 24.3. The number of benzene rings is 2. The number of aryl methyl sites for hydroxylation is 1. The molecule has 5 nitrogen and oxygen atoms in total. The van der Waals surface area contributed by atoms with Crippen LogP contribution in [0.2, 0.25) is 0 Å². The molecule has 1 aromatic heterocycles. The molecular formula is C18H15FN2O3. The van der Waals surface area contributed by atoms with Crippen molar-refractivity contribution in [2.75, 3.05) is 12.4 Å². The summed E-state index contributed by atoms with van der Waals surface area (Å²) >= 11 is 0. The number of ether oxygens (including phenoxy) is 1. The molecule has 0 bridgehead atoms. The number of fused-ring (bicyclic) bond motifs is 1. The SMILES string of the molecule is COC(=O)c1ccccc1NC(=O)c1cc2c(F)cccc2n1C. The number of esters is 1. The van der Waals surface area contributed by atoms with Gasteiger partial charge in [0.25, 0.3) is 5.91 Å². The number of nitrogens with zero attached hydrogens (tertiary/aromatic N) is 1. The van der Waals surface area contributed by atoms with Gasteiger partial charge in [-0.05, 0) is 30.3 Å². The van der Waals surface area contributed by atoms with E-state index < -0.39 is 17.7 Å². The molecule has 0 spiro atoms. The van der Waals surface area contributed by atoms with Gasteiger partial charge in [-0.1, -0.05) is 18.2 Å². The van der Waals surface area contributed by atoms with Gasteiger partial charge in [-0.3, -0.25) is 4.79 Å². The van der Waals surface area contributed by atoms with Crippen LogP contribution in [-0.2, 0) is 11.8 Å². The van der Waals surface area contributed by atoms with Crippen LogP contribution in [0, 0.1) is 5.82 Å². The quantitative estimate of drug-likeness (QED) is 0.751. The first-order valence-corrected chi connectivity index (χ1v) is 7.25. The van der Waals surface area contributed by atoms with Gasteiger partial charge in [0, 0.05) is 12.4 Å². The molecule has 0 unspecified atom stereocenters. The van der Waals surface area contributed by atoms with Crippen LogP contribution in [0.1, 0.15) is 20.8 Å². The molecule has 3 rings (SSSR count). The van der Waals surface area contributed by atoms with Crippen molar-refractivity contribution in [3.63, 3.8) is 0 Å². The highest BCUT2D eigenvalue weighted by molar-refractivity contribution is 6.09. The Balaban J connectivity index is 1.99. The topological polar surface area (TPSA) is 60.3 Å². The van der Waals surface area contributed by atoms with Gasteiger partial charge < -0.3 is 14.6 Å². The number of hydrogen-bond donors (Lipinski definition) is 1. The van der Waals surface area contributed by atoms with Crippen molar-refractivity contribution in [2.24, 2.45) is 7.05 Å². The van der Waals surface area contributed by atoms with Crippen LogP contribution in [-0.4, -0.2) is 23.6 Å². The molecule has 6 heteroatoms. The summed E-state index contributed by atoms with van der Waals surface area (Å²) in [6, 6.07) is 12.7. The first-order chi connectivity index (χ1) is 11.5. The molecule has 1 N–H and O–H groups in total. The standard InChI is InChI=1S/C18H15FN2O3/c1-21-15-9-5-7-13(19)12(15)10-16(21)17(22)20-14-8-4-3-6-11(14)18(23)24-2/h3-10H,1-2H3,(H,20,22). The third-order valence-electron chi connectivity index (χ3n) is 3.85. The zero-order valence-electron chi connectivity index (χ0n) is 13.2. The lowest BCUT2D eigenvalue weighted by Crippen LogP contribution is -2.17. The Morgan fingerprint density at radius 1 is 1.12 bits per heavy atom. The van der Waals surface area contributed by atoms with E-state index in [9.17, 15) is 14.0 Å². The molecule has 0 radical (unpaired) electrons. The van der Waals surface area contributed by atoms with Crippen molar-refractivity contribution in [1.82, 2.24) is 4.57 Å². The van der Waals surface area contributed by atoms with Gasteiger partial charge in [-0.2, -0.15) is 0 Å². The molecule has 1 amide bonds. The van der Waals surface area contributed by atoms with E-state index in [0.29, 0.717) is 16.6 Å². The minimum absolute atomic E-state index is 0.248. The van der Waals surface area contributed by atoms with Crippen molar-refractivity contribution in [3.8, 4) is 0 Å².